The summed E-state index contributed by atoms with van der Waals surface area (Å²) >= 11 is 3.44. The third-order valence-corrected chi connectivity index (χ3v) is 8.10. The maximum absolute atomic E-state index is 14.2. The van der Waals surface area contributed by atoms with Crippen LogP contribution in [0.1, 0.15) is 34.1 Å². The Kier molecular flexibility index (Phi) is 3.15. The molecule has 1 saturated heterocycles. The van der Waals surface area contributed by atoms with Crippen LogP contribution >= 0.6 is 15.9 Å². The molecule has 0 aromatic heterocycles. The van der Waals surface area contributed by atoms with Gasteiger partial charge in [0.2, 0.25) is 5.91 Å². The fraction of sp³-hybridized carbons (Fsp3) is 0.200. The summed E-state index contributed by atoms with van der Waals surface area (Å²) in [7, 11) is 0. The zero-order chi connectivity index (χ0) is 21.0. The highest BCUT2D eigenvalue weighted by molar-refractivity contribution is 9.10. The van der Waals surface area contributed by atoms with Crippen LogP contribution in [-0.2, 0) is 9.59 Å². The standard InChI is InChI=1S/C25H16BrN3O2/c26-14-9-11-15(12-10-14)29-22(30)24-13-27-28-25(24,23(29)31)21-18-7-3-1-5-16(18)20(24)17-6-2-4-8-19(17)21/h1-12,20-21H,13H2. The molecule has 0 radical (unpaired) electrons. The Hall–Kier alpha value is -3.12. The molecule has 8 rings (SSSR count). The molecular weight excluding hydrogens is 454 g/mol. The first-order chi connectivity index (χ1) is 15.1. The van der Waals surface area contributed by atoms with Crippen molar-refractivity contribution in [3.8, 4) is 0 Å². The molecule has 2 atom stereocenters. The largest absolute Gasteiger partial charge is 0.273 e. The molecule has 0 saturated carbocycles. The molecule has 150 valence electrons. The molecule has 2 aliphatic heterocycles. The first-order valence-electron chi connectivity index (χ1n) is 10.3. The molecule has 5 nitrogen and oxygen atoms in total. The van der Waals surface area contributed by atoms with Crippen LogP contribution in [0.25, 0.3) is 0 Å². The van der Waals surface area contributed by atoms with E-state index in [1.54, 1.807) is 12.1 Å². The minimum Gasteiger partial charge on any atom is -0.273 e. The number of imide groups is 1. The number of anilines is 1. The number of halogens is 1. The van der Waals surface area contributed by atoms with Crippen molar-refractivity contribution in [1.82, 2.24) is 0 Å². The molecule has 2 bridgehead atoms. The Morgan fingerprint density at radius 1 is 0.774 bits per heavy atom. The van der Waals surface area contributed by atoms with Gasteiger partial charge in [0.25, 0.3) is 5.91 Å². The van der Waals surface area contributed by atoms with E-state index in [1.165, 1.54) is 4.90 Å². The highest BCUT2D eigenvalue weighted by Gasteiger charge is 2.82. The van der Waals surface area contributed by atoms with E-state index in [0.717, 1.165) is 26.7 Å². The first kappa shape index (κ1) is 17.5. The van der Waals surface area contributed by atoms with Crippen LogP contribution in [0.15, 0.2) is 87.5 Å². The summed E-state index contributed by atoms with van der Waals surface area (Å²) in [5.41, 5.74) is 2.73. The minimum atomic E-state index is -1.23. The zero-order valence-corrected chi connectivity index (χ0v) is 17.9. The highest BCUT2D eigenvalue weighted by atomic mass is 79.9. The van der Waals surface area contributed by atoms with E-state index in [-0.39, 0.29) is 30.2 Å². The molecule has 31 heavy (non-hydrogen) atoms. The van der Waals surface area contributed by atoms with Crippen molar-refractivity contribution in [1.29, 1.82) is 0 Å². The van der Waals surface area contributed by atoms with Gasteiger partial charge in [-0.25, -0.2) is 4.90 Å². The number of carbonyl (C=O) groups is 2. The van der Waals surface area contributed by atoms with Crippen LogP contribution in [0.3, 0.4) is 0 Å². The van der Waals surface area contributed by atoms with E-state index in [0.29, 0.717) is 5.69 Å². The average molecular weight is 470 g/mol. The van der Waals surface area contributed by atoms with Crippen molar-refractivity contribution in [3.05, 3.63) is 99.5 Å². The van der Waals surface area contributed by atoms with E-state index in [1.807, 2.05) is 36.4 Å². The van der Waals surface area contributed by atoms with Gasteiger partial charge in [0, 0.05) is 16.3 Å². The van der Waals surface area contributed by atoms with Gasteiger partial charge in [-0.3, -0.25) is 9.59 Å². The number of carbonyl (C=O) groups excluding carboxylic acids is 2. The Labute approximate surface area is 186 Å². The normalized spacial score (nSPS) is 31.5. The third-order valence-electron chi connectivity index (χ3n) is 7.57. The van der Waals surface area contributed by atoms with Crippen molar-refractivity contribution >= 4 is 33.4 Å². The average Bonchev–Trinajstić information content (AvgIpc) is 3.30. The number of benzene rings is 3. The lowest BCUT2D eigenvalue weighted by atomic mass is 9.45. The van der Waals surface area contributed by atoms with Crippen molar-refractivity contribution in [3.63, 3.8) is 0 Å². The van der Waals surface area contributed by atoms with Crippen LogP contribution in [-0.4, -0.2) is 23.9 Å². The van der Waals surface area contributed by atoms with Gasteiger partial charge in [0.05, 0.1) is 12.2 Å². The number of rotatable bonds is 1. The van der Waals surface area contributed by atoms with Crippen LogP contribution in [0.4, 0.5) is 5.69 Å². The summed E-state index contributed by atoms with van der Waals surface area (Å²) in [5.74, 6) is -1.03. The maximum Gasteiger partial charge on any atom is 0.265 e. The van der Waals surface area contributed by atoms with E-state index in [2.05, 4.69) is 50.4 Å². The lowest BCUT2D eigenvalue weighted by molar-refractivity contribution is -0.129. The Morgan fingerprint density at radius 3 is 1.90 bits per heavy atom. The number of azo groups is 1. The lowest BCUT2D eigenvalue weighted by Gasteiger charge is -2.54. The lowest BCUT2D eigenvalue weighted by Crippen LogP contribution is -2.61. The smallest absolute Gasteiger partial charge is 0.265 e. The third kappa shape index (κ3) is 1.74. The van der Waals surface area contributed by atoms with Crippen molar-refractivity contribution in [2.24, 2.45) is 15.6 Å². The summed E-state index contributed by atoms with van der Waals surface area (Å²) in [5, 5.41) is 9.04. The fourth-order valence-corrected chi connectivity index (χ4v) is 6.75. The molecule has 3 aromatic carbocycles. The van der Waals surface area contributed by atoms with Gasteiger partial charge in [0.1, 0.15) is 5.41 Å². The maximum atomic E-state index is 14.2. The molecular formula is C25H16BrN3O2. The quantitative estimate of drug-likeness (QED) is 0.480. The van der Waals surface area contributed by atoms with Crippen LogP contribution in [0, 0.1) is 5.41 Å². The van der Waals surface area contributed by atoms with Crippen LogP contribution < -0.4 is 4.90 Å². The number of amides is 2. The summed E-state index contributed by atoms with van der Waals surface area (Å²) < 4.78 is 0.892. The second-order valence-electron chi connectivity index (χ2n) is 8.68. The highest BCUT2D eigenvalue weighted by Crippen LogP contribution is 2.72. The van der Waals surface area contributed by atoms with Crippen molar-refractivity contribution in [2.75, 3.05) is 11.4 Å². The molecule has 3 aromatic rings. The van der Waals surface area contributed by atoms with E-state index in [9.17, 15) is 9.59 Å². The second kappa shape index (κ2) is 5.56. The van der Waals surface area contributed by atoms with Gasteiger partial charge in [-0.05, 0) is 46.5 Å². The molecule has 6 heteroatoms. The number of hydrogen-bond donors (Lipinski definition) is 0. The molecule has 2 heterocycles. The van der Waals surface area contributed by atoms with Gasteiger partial charge in [-0.1, -0.05) is 64.5 Å². The Morgan fingerprint density at radius 2 is 1.32 bits per heavy atom. The molecule has 3 aliphatic carbocycles. The minimum absolute atomic E-state index is 0.191. The molecule has 2 unspecified atom stereocenters. The summed E-state index contributed by atoms with van der Waals surface area (Å²) in [6.45, 7) is 0.231. The predicted molar refractivity (Wildman–Crippen MR) is 118 cm³/mol. The van der Waals surface area contributed by atoms with E-state index >= 15 is 0 Å². The molecule has 0 N–H and O–H groups in total. The molecule has 0 spiro atoms. The van der Waals surface area contributed by atoms with E-state index in [4.69, 9.17) is 0 Å². The van der Waals surface area contributed by atoms with Gasteiger partial charge in [0.15, 0.2) is 5.54 Å². The Balaban J connectivity index is 1.57. The second-order valence-corrected chi connectivity index (χ2v) is 9.60. The molecule has 2 amide bonds. The van der Waals surface area contributed by atoms with Gasteiger partial charge in [-0.15, -0.1) is 0 Å². The monoisotopic (exact) mass is 469 g/mol. The van der Waals surface area contributed by atoms with Crippen molar-refractivity contribution in [2.45, 2.75) is 17.4 Å². The molecule has 1 fully saturated rings. The predicted octanol–water partition coefficient (Wildman–Crippen LogP) is 4.80. The van der Waals surface area contributed by atoms with Gasteiger partial charge >= 0.3 is 0 Å². The van der Waals surface area contributed by atoms with E-state index < -0.39 is 11.0 Å². The summed E-state index contributed by atoms with van der Waals surface area (Å²) in [6.07, 6.45) is 0. The van der Waals surface area contributed by atoms with Gasteiger partial charge in [-0.2, -0.15) is 10.2 Å². The number of hydrogen-bond acceptors (Lipinski definition) is 4. The first-order valence-corrected chi connectivity index (χ1v) is 11.1. The number of nitrogens with zero attached hydrogens (tertiary/aromatic N) is 3. The summed E-state index contributed by atoms with van der Waals surface area (Å²) in [4.78, 5) is 29.8. The van der Waals surface area contributed by atoms with Gasteiger partial charge < -0.3 is 0 Å². The fourth-order valence-electron chi connectivity index (χ4n) is 6.48. The SMILES string of the molecule is O=C1N(c2ccc(Br)cc2)C(=O)C23N=NCC12C1c2ccccc2C3c2ccccc21. The van der Waals surface area contributed by atoms with Crippen LogP contribution in [0.5, 0.6) is 0 Å². The van der Waals surface area contributed by atoms with Crippen LogP contribution in [0.2, 0.25) is 0 Å². The Bertz CT molecular complexity index is 1300. The summed E-state index contributed by atoms with van der Waals surface area (Å²) in [6, 6.07) is 23.7. The zero-order valence-electron chi connectivity index (χ0n) is 16.3. The van der Waals surface area contributed by atoms with Crippen molar-refractivity contribution < 1.29 is 9.59 Å². The topological polar surface area (TPSA) is 62.1 Å². The molecule has 5 aliphatic rings.